The van der Waals surface area contributed by atoms with Crippen LogP contribution < -0.4 is 0 Å². The fourth-order valence-corrected chi connectivity index (χ4v) is 2.97. The summed E-state index contributed by atoms with van der Waals surface area (Å²) in [5.41, 5.74) is 2.24. The smallest absolute Gasteiger partial charge is 0.336 e. The van der Waals surface area contributed by atoms with Gasteiger partial charge in [-0.2, -0.15) is 5.10 Å². The molecule has 4 rings (SSSR count). The molecule has 2 aromatic carbocycles. The van der Waals surface area contributed by atoms with Gasteiger partial charge in [-0.15, -0.1) is 0 Å². The maximum atomic E-state index is 11.9. The molecule has 0 saturated carbocycles. The number of carbonyl (C=O) groups is 1. The molecule has 2 aromatic heterocycles. The van der Waals surface area contributed by atoms with Crippen LogP contribution in [-0.4, -0.2) is 36.5 Å². The van der Waals surface area contributed by atoms with E-state index in [0.29, 0.717) is 27.4 Å². The first-order valence-corrected chi connectivity index (χ1v) is 8.22. The second-order valence-electron chi connectivity index (χ2n) is 5.87. The fraction of sp³-hybridized carbons (Fsp3) is 0. The Morgan fingerprint density at radius 1 is 0.963 bits per heavy atom. The van der Waals surface area contributed by atoms with E-state index in [2.05, 4.69) is 15.2 Å². The van der Waals surface area contributed by atoms with E-state index in [0.717, 1.165) is 5.56 Å². The van der Waals surface area contributed by atoms with Crippen LogP contribution in [0, 0.1) is 0 Å². The number of fused-ring (bicyclic) bond motifs is 1. The normalized spacial score (nSPS) is 11.0. The van der Waals surface area contributed by atoms with Crippen molar-refractivity contribution in [1.82, 2.24) is 15.2 Å². The van der Waals surface area contributed by atoms with Gasteiger partial charge in [0.2, 0.25) is 0 Å². The zero-order valence-electron chi connectivity index (χ0n) is 13.6. The van der Waals surface area contributed by atoms with Gasteiger partial charge in [0, 0.05) is 16.1 Å². The van der Waals surface area contributed by atoms with Crippen molar-refractivity contribution in [3.63, 3.8) is 0 Å². The lowest BCUT2D eigenvalue weighted by Gasteiger charge is -2.07. The highest BCUT2D eigenvalue weighted by Gasteiger charge is 2.20. The molecule has 0 radical (unpaired) electrons. The highest BCUT2D eigenvalue weighted by Crippen LogP contribution is 2.34. The van der Waals surface area contributed by atoms with Crippen LogP contribution >= 0.6 is 11.6 Å². The topological polar surface area (TPSA) is 119 Å². The lowest BCUT2D eigenvalue weighted by molar-refractivity contribution is 0.0699. The number of nitrogens with one attached hydrogen (secondary N) is 1. The number of hydrogen-bond donors (Lipinski definition) is 4. The molecule has 0 bridgehead atoms. The SMILES string of the molecule is O=C(O)c1cc(-c2ccc(O)c(O)c2)nc2n[nH]c(-c3ccc(Cl)cc3)c12. The minimum atomic E-state index is -1.14. The summed E-state index contributed by atoms with van der Waals surface area (Å²) in [7, 11) is 0. The first kappa shape index (κ1) is 16.9. The number of aromatic amines is 1. The molecule has 134 valence electrons. The molecule has 2 heterocycles. The number of carboxylic acids is 1. The summed E-state index contributed by atoms with van der Waals surface area (Å²) in [5.74, 6) is -1.73. The molecule has 0 aliphatic rings. The lowest BCUT2D eigenvalue weighted by Crippen LogP contribution is -2.00. The Bertz CT molecular complexity index is 1190. The number of aromatic hydroxyl groups is 2. The Hall–Kier alpha value is -3.58. The van der Waals surface area contributed by atoms with Gasteiger partial charge in [0.05, 0.1) is 22.3 Å². The molecule has 0 atom stereocenters. The number of carboxylic acid groups (broad SMARTS) is 1. The van der Waals surface area contributed by atoms with Crippen LogP contribution in [0.3, 0.4) is 0 Å². The molecule has 0 spiro atoms. The first-order chi connectivity index (χ1) is 12.9. The standard InChI is InChI=1S/C19H12ClN3O4/c20-11-4-1-9(2-5-11)17-16-12(19(26)27)8-13(21-18(16)23-22-17)10-3-6-14(24)15(25)7-10/h1-8,24-25H,(H,26,27)(H,21,22,23). The zero-order chi connectivity index (χ0) is 19.1. The van der Waals surface area contributed by atoms with E-state index in [4.69, 9.17) is 11.6 Å². The Morgan fingerprint density at radius 3 is 2.33 bits per heavy atom. The molecule has 4 N–H and O–H groups in total. The maximum Gasteiger partial charge on any atom is 0.336 e. The van der Waals surface area contributed by atoms with Gasteiger partial charge in [0.25, 0.3) is 0 Å². The minimum absolute atomic E-state index is 0.0151. The number of pyridine rings is 1. The summed E-state index contributed by atoms with van der Waals surface area (Å²) >= 11 is 5.91. The van der Waals surface area contributed by atoms with E-state index in [-0.39, 0.29) is 22.7 Å². The van der Waals surface area contributed by atoms with Gasteiger partial charge in [0.15, 0.2) is 17.1 Å². The number of rotatable bonds is 3. The van der Waals surface area contributed by atoms with E-state index in [1.807, 2.05) is 0 Å². The number of halogens is 1. The van der Waals surface area contributed by atoms with Gasteiger partial charge in [0.1, 0.15) is 0 Å². The third kappa shape index (κ3) is 2.94. The molecule has 27 heavy (non-hydrogen) atoms. The van der Waals surface area contributed by atoms with Crippen molar-refractivity contribution in [2.45, 2.75) is 0 Å². The van der Waals surface area contributed by atoms with Crippen LogP contribution in [0.4, 0.5) is 0 Å². The number of aromatic nitrogens is 3. The maximum absolute atomic E-state index is 11.9. The first-order valence-electron chi connectivity index (χ1n) is 7.85. The Morgan fingerprint density at radius 2 is 1.67 bits per heavy atom. The summed E-state index contributed by atoms with van der Waals surface area (Å²) in [6.45, 7) is 0. The predicted molar refractivity (Wildman–Crippen MR) is 100 cm³/mol. The van der Waals surface area contributed by atoms with Crippen LogP contribution in [0.1, 0.15) is 10.4 Å². The van der Waals surface area contributed by atoms with Crippen molar-refractivity contribution in [3.05, 3.63) is 59.1 Å². The van der Waals surface area contributed by atoms with Crippen molar-refractivity contribution >= 4 is 28.6 Å². The number of aromatic carboxylic acids is 1. The Labute approximate surface area is 157 Å². The lowest BCUT2D eigenvalue weighted by atomic mass is 10.0. The van der Waals surface area contributed by atoms with Crippen molar-refractivity contribution in [1.29, 1.82) is 0 Å². The molecular weight excluding hydrogens is 370 g/mol. The van der Waals surface area contributed by atoms with E-state index < -0.39 is 5.97 Å². The van der Waals surface area contributed by atoms with E-state index in [1.54, 1.807) is 24.3 Å². The van der Waals surface area contributed by atoms with Crippen LogP contribution in [-0.2, 0) is 0 Å². The molecule has 4 aromatic rings. The molecule has 8 heteroatoms. The minimum Gasteiger partial charge on any atom is -0.504 e. The van der Waals surface area contributed by atoms with Gasteiger partial charge in [-0.25, -0.2) is 9.78 Å². The highest BCUT2D eigenvalue weighted by atomic mass is 35.5. The van der Waals surface area contributed by atoms with Crippen LogP contribution in [0.2, 0.25) is 5.02 Å². The number of benzene rings is 2. The largest absolute Gasteiger partial charge is 0.504 e. The number of phenolic OH excluding ortho intramolecular Hbond substituents is 2. The summed E-state index contributed by atoms with van der Waals surface area (Å²) < 4.78 is 0. The van der Waals surface area contributed by atoms with E-state index >= 15 is 0 Å². The monoisotopic (exact) mass is 381 g/mol. The third-order valence-corrected chi connectivity index (χ3v) is 4.41. The highest BCUT2D eigenvalue weighted by molar-refractivity contribution is 6.30. The summed E-state index contributed by atoms with van der Waals surface area (Å²) in [4.78, 5) is 16.3. The van der Waals surface area contributed by atoms with Gasteiger partial charge in [-0.3, -0.25) is 5.10 Å². The second-order valence-corrected chi connectivity index (χ2v) is 6.30. The van der Waals surface area contributed by atoms with E-state index in [1.165, 1.54) is 24.3 Å². The number of hydrogen-bond acceptors (Lipinski definition) is 5. The predicted octanol–water partition coefficient (Wildman–Crippen LogP) is 4.05. The summed E-state index contributed by atoms with van der Waals surface area (Å²) in [6, 6.07) is 12.5. The van der Waals surface area contributed by atoms with Gasteiger partial charge in [-0.1, -0.05) is 23.7 Å². The van der Waals surface area contributed by atoms with Crippen molar-refractivity contribution < 1.29 is 20.1 Å². The number of phenols is 2. The molecule has 0 amide bonds. The third-order valence-electron chi connectivity index (χ3n) is 4.16. The molecule has 0 aliphatic carbocycles. The average Bonchev–Trinajstić information content (AvgIpc) is 3.07. The Kier molecular flexibility index (Phi) is 3.93. The number of nitrogens with zero attached hydrogens (tertiary/aromatic N) is 2. The fourth-order valence-electron chi connectivity index (χ4n) is 2.85. The quantitative estimate of drug-likeness (QED) is 0.397. The summed E-state index contributed by atoms with van der Waals surface area (Å²) in [6.07, 6.45) is 0. The average molecular weight is 382 g/mol. The van der Waals surface area contributed by atoms with Crippen LogP contribution in [0.25, 0.3) is 33.5 Å². The zero-order valence-corrected chi connectivity index (χ0v) is 14.4. The molecule has 0 aliphatic heterocycles. The van der Waals surface area contributed by atoms with Crippen molar-refractivity contribution in [3.8, 4) is 34.0 Å². The van der Waals surface area contributed by atoms with Gasteiger partial charge in [-0.05, 0) is 36.4 Å². The van der Waals surface area contributed by atoms with Crippen LogP contribution in [0.5, 0.6) is 11.5 Å². The Balaban J connectivity index is 1.95. The number of H-pyrrole nitrogens is 1. The molecular formula is C19H12ClN3O4. The second kappa shape index (κ2) is 6.30. The molecule has 0 fully saturated rings. The van der Waals surface area contributed by atoms with Crippen molar-refractivity contribution in [2.24, 2.45) is 0 Å². The van der Waals surface area contributed by atoms with Gasteiger partial charge >= 0.3 is 5.97 Å². The molecule has 7 nitrogen and oxygen atoms in total. The van der Waals surface area contributed by atoms with E-state index in [9.17, 15) is 20.1 Å². The van der Waals surface area contributed by atoms with Gasteiger partial charge < -0.3 is 15.3 Å². The molecule has 0 saturated heterocycles. The summed E-state index contributed by atoms with van der Waals surface area (Å²) in [5, 5.41) is 36.8. The van der Waals surface area contributed by atoms with Crippen molar-refractivity contribution in [2.75, 3.05) is 0 Å². The van der Waals surface area contributed by atoms with Crippen LogP contribution in [0.15, 0.2) is 48.5 Å². The molecule has 0 unspecified atom stereocenters.